The lowest BCUT2D eigenvalue weighted by Crippen LogP contribution is -2.37. The molecule has 3 heterocycles. The van der Waals surface area contributed by atoms with Crippen molar-refractivity contribution in [3.8, 4) is 0 Å². The van der Waals surface area contributed by atoms with Crippen LogP contribution < -0.4 is 9.96 Å². The van der Waals surface area contributed by atoms with Gasteiger partial charge in [0.1, 0.15) is 5.92 Å². The lowest BCUT2D eigenvalue weighted by Gasteiger charge is -2.28. The number of hydrogen-bond acceptors (Lipinski definition) is 5. The van der Waals surface area contributed by atoms with Crippen molar-refractivity contribution in [1.82, 2.24) is 4.98 Å². The van der Waals surface area contributed by atoms with E-state index >= 15 is 0 Å². The highest BCUT2D eigenvalue weighted by Crippen LogP contribution is 2.48. The molecule has 2 aliphatic rings. The number of pyridine rings is 1. The highest BCUT2D eigenvalue weighted by Gasteiger charge is 2.60. The van der Waals surface area contributed by atoms with E-state index in [-0.39, 0.29) is 5.91 Å². The van der Waals surface area contributed by atoms with Crippen molar-refractivity contribution in [2.45, 2.75) is 12.1 Å². The topological polar surface area (TPSA) is 62.7 Å². The van der Waals surface area contributed by atoms with Crippen LogP contribution in [0.4, 0.5) is 11.4 Å². The molecule has 29 heavy (non-hydrogen) atoms. The van der Waals surface area contributed by atoms with Crippen LogP contribution in [-0.2, 0) is 14.4 Å². The molecule has 3 atom stereocenters. The lowest BCUT2D eigenvalue weighted by atomic mass is 9.91. The van der Waals surface area contributed by atoms with Crippen molar-refractivity contribution in [1.29, 1.82) is 0 Å². The summed E-state index contributed by atoms with van der Waals surface area (Å²) in [4.78, 5) is 37.9. The van der Waals surface area contributed by atoms with Gasteiger partial charge in [-0.25, -0.2) is 9.96 Å². The van der Waals surface area contributed by atoms with Gasteiger partial charge in [-0.15, -0.1) is 0 Å². The molecular formula is C22H16ClN3O3. The molecule has 0 radical (unpaired) electrons. The van der Waals surface area contributed by atoms with Gasteiger partial charge in [-0.1, -0.05) is 41.9 Å². The number of benzene rings is 2. The number of carbonyl (C=O) groups excluding carboxylic acids is 2. The summed E-state index contributed by atoms with van der Waals surface area (Å²) in [7, 11) is 0. The Hall–Kier alpha value is -3.22. The van der Waals surface area contributed by atoms with Crippen LogP contribution in [0.2, 0.25) is 5.02 Å². The molecule has 7 heteroatoms. The molecule has 2 saturated heterocycles. The summed E-state index contributed by atoms with van der Waals surface area (Å²) < 4.78 is 0. The summed E-state index contributed by atoms with van der Waals surface area (Å²) >= 11 is 6.26. The summed E-state index contributed by atoms with van der Waals surface area (Å²) in [6, 6.07) is 19.5. The van der Waals surface area contributed by atoms with Gasteiger partial charge >= 0.3 is 0 Å². The second-order valence-corrected chi connectivity index (χ2v) is 7.31. The molecule has 144 valence electrons. The number of carbonyl (C=O) groups is 2. The van der Waals surface area contributed by atoms with E-state index in [1.165, 1.54) is 0 Å². The first-order chi connectivity index (χ1) is 14.2. The average molecular weight is 406 g/mol. The van der Waals surface area contributed by atoms with Crippen LogP contribution in [0, 0.1) is 5.92 Å². The van der Waals surface area contributed by atoms with Gasteiger partial charge in [0.15, 0.2) is 6.10 Å². The molecule has 0 bridgehead atoms. The van der Waals surface area contributed by atoms with Gasteiger partial charge in [0, 0.05) is 12.4 Å². The fourth-order valence-electron chi connectivity index (χ4n) is 3.98. The third-order valence-corrected chi connectivity index (χ3v) is 5.59. The maximum Gasteiger partial charge on any atom is 0.266 e. The number of hydroxylamine groups is 1. The molecule has 0 aliphatic carbocycles. The van der Waals surface area contributed by atoms with E-state index in [0.717, 1.165) is 16.2 Å². The van der Waals surface area contributed by atoms with Gasteiger partial charge in [0.05, 0.1) is 22.4 Å². The number of aromatic nitrogens is 1. The summed E-state index contributed by atoms with van der Waals surface area (Å²) in [5.41, 5.74) is 1.99. The zero-order valence-electron chi connectivity index (χ0n) is 15.2. The monoisotopic (exact) mass is 405 g/mol. The lowest BCUT2D eigenvalue weighted by molar-refractivity contribution is -0.126. The summed E-state index contributed by atoms with van der Waals surface area (Å²) in [6.07, 6.45) is 2.41. The number of hydrogen-bond donors (Lipinski definition) is 0. The second-order valence-electron chi connectivity index (χ2n) is 6.90. The van der Waals surface area contributed by atoms with E-state index in [1.54, 1.807) is 41.7 Å². The molecule has 0 spiro atoms. The van der Waals surface area contributed by atoms with Crippen LogP contribution in [0.5, 0.6) is 0 Å². The van der Waals surface area contributed by atoms with E-state index in [2.05, 4.69) is 4.98 Å². The second kappa shape index (κ2) is 6.99. The van der Waals surface area contributed by atoms with Crippen LogP contribution in [0.25, 0.3) is 0 Å². The van der Waals surface area contributed by atoms with Crippen LogP contribution in [0.3, 0.4) is 0 Å². The Bertz CT molecular complexity index is 1080. The quantitative estimate of drug-likeness (QED) is 0.620. The average Bonchev–Trinajstić information content (AvgIpc) is 3.26. The predicted molar refractivity (Wildman–Crippen MR) is 108 cm³/mol. The number of nitrogens with zero attached hydrogens (tertiary/aromatic N) is 3. The van der Waals surface area contributed by atoms with Gasteiger partial charge in [-0.05, 0) is 42.0 Å². The fraction of sp³-hybridized carbons (Fsp3) is 0.136. The number of fused-ring (bicyclic) bond motifs is 1. The van der Waals surface area contributed by atoms with E-state index < -0.39 is 24.0 Å². The maximum absolute atomic E-state index is 13.4. The van der Waals surface area contributed by atoms with Crippen molar-refractivity contribution in [2.75, 3.05) is 9.96 Å². The number of amides is 2. The van der Waals surface area contributed by atoms with Crippen molar-refractivity contribution >= 4 is 34.8 Å². The highest BCUT2D eigenvalue weighted by molar-refractivity contribution is 6.36. The molecule has 6 nitrogen and oxygen atoms in total. The zero-order chi connectivity index (χ0) is 20.0. The smallest absolute Gasteiger partial charge is 0.266 e. The normalized spacial score (nSPS) is 23.6. The Morgan fingerprint density at radius 1 is 0.862 bits per heavy atom. The molecule has 2 amide bonds. The molecule has 3 aromatic rings. The largest absolute Gasteiger partial charge is 0.273 e. The molecule has 2 aliphatic heterocycles. The number of rotatable bonds is 3. The van der Waals surface area contributed by atoms with E-state index in [0.29, 0.717) is 10.7 Å². The summed E-state index contributed by atoms with van der Waals surface area (Å²) in [5, 5.41) is 2.00. The minimum Gasteiger partial charge on any atom is -0.273 e. The summed E-state index contributed by atoms with van der Waals surface area (Å²) in [5.74, 6) is -1.43. The Morgan fingerprint density at radius 2 is 1.55 bits per heavy atom. The zero-order valence-corrected chi connectivity index (χ0v) is 15.9. The summed E-state index contributed by atoms with van der Waals surface area (Å²) in [6.45, 7) is 0. The Labute approximate surface area is 172 Å². The number of imide groups is 1. The van der Waals surface area contributed by atoms with Crippen molar-refractivity contribution in [3.63, 3.8) is 0 Å². The molecule has 0 N–H and O–H groups in total. The third kappa shape index (κ3) is 2.80. The number of para-hydroxylation sites is 2. The fourth-order valence-corrected chi connectivity index (χ4v) is 4.20. The molecule has 1 aromatic heterocycles. The number of anilines is 2. The SMILES string of the molecule is O=C1C2ON(c3ccccc3)C(c3ccncc3)C2C(=O)N1c1ccccc1Cl. The Kier molecular flexibility index (Phi) is 4.30. The van der Waals surface area contributed by atoms with Gasteiger partial charge in [0.25, 0.3) is 5.91 Å². The van der Waals surface area contributed by atoms with E-state index in [1.807, 2.05) is 42.5 Å². The van der Waals surface area contributed by atoms with E-state index in [9.17, 15) is 9.59 Å². The Morgan fingerprint density at radius 3 is 2.28 bits per heavy atom. The molecule has 3 unspecified atom stereocenters. The first-order valence-corrected chi connectivity index (χ1v) is 9.58. The van der Waals surface area contributed by atoms with Crippen molar-refractivity contribution in [3.05, 3.63) is 89.7 Å². The van der Waals surface area contributed by atoms with Crippen LogP contribution in [0.15, 0.2) is 79.1 Å². The van der Waals surface area contributed by atoms with Crippen LogP contribution in [0.1, 0.15) is 11.6 Å². The third-order valence-electron chi connectivity index (χ3n) is 5.27. The first kappa shape index (κ1) is 17.8. The van der Waals surface area contributed by atoms with Gasteiger partial charge in [0.2, 0.25) is 5.91 Å². The Balaban J connectivity index is 1.60. The first-order valence-electron chi connectivity index (χ1n) is 9.20. The molecular weight excluding hydrogens is 390 g/mol. The van der Waals surface area contributed by atoms with Gasteiger partial charge < -0.3 is 0 Å². The van der Waals surface area contributed by atoms with Gasteiger partial charge in [-0.3, -0.25) is 19.4 Å². The van der Waals surface area contributed by atoms with Crippen molar-refractivity contribution in [2.24, 2.45) is 5.92 Å². The predicted octanol–water partition coefficient (Wildman–Crippen LogP) is 3.79. The highest BCUT2D eigenvalue weighted by atomic mass is 35.5. The van der Waals surface area contributed by atoms with Crippen molar-refractivity contribution < 1.29 is 14.4 Å². The van der Waals surface area contributed by atoms with Crippen LogP contribution >= 0.6 is 11.6 Å². The van der Waals surface area contributed by atoms with Gasteiger partial charge in [-0.2, -0.15) is 0 Å². The molecule has 2 aromatic carbocycles. The minimum atomic E-state index is -0.919. The standard InChI is InChI=1S/C22H16ClN3O3/c23-16-8-4-5-9-17(16)25-21(27)18-19(14-10-12-24-13-11-14)26(29-20(18)22(25)28)15-6-2-1-3-7-15/h1-13,18-20H. The molecule has 5 rings (SSSR count). The van der Waals surface area contributed by atoms with Crippen LogP contribution in [-0.4, -0.2) is 22.9 Å². The number of halogens is 1. The molecule has 0 saturated carbocycles. The van der Waals surface area contributed by atoms with E-state index in [4.69, 9.17) is 16.4 Å². The maximum atomic E-state index is 13.4. The minimum absolute atomic E-state index is 0.326. The molecule has 2 fully saturated rings.